The number of amides is 1. The summed E-state index contributed by atoms with van der Waals surface area (Å²) in [6.45, 7) is 1.41. The van der Waals surface area contributed by atoms with Crippen LogP contribution in [0.3, 0.4) is 0 Å². The molecule has 0 aromatic heterocycles. The molecule has 5 heteroatoms. The summed E-state index contributed by atoms with van der Waals surface area (Å²) in [4.78, 5) is 10.4. The Morgan fingerprint density at radius 1 is 1.18 bits per heavy atom. The summed E-state index contributed by atoms with van der Waals surface area (Å²) < 4.78 is 18.1. The van der Waals surface area contributed by atoms with Crippen LogP contribution in [0.2, 0.25) is 0 Å². The van der Waals surface area contributed by atoms with Crippen molar-refractivity contribution in [2.45, 2.75) is 18.3 Å². The molecule has 3 nitrogen and oxygen atoms in total. The van der Waals surface area contributed by atoms with Gasteiger partial charge in [-0.15, -0.1) is 0 Å². The zero-order chi connectivity index (χ0) is 16.2. The van der Waals surface area contributed by atoms with Crippen molar-refractivity contribution in [1.82, 2.24) is 5.32 Å². The van der Waals surface area contributed by atoms with Gasteiger partial charge in [0.1, 0.15) is 16.6 Å². The first-order valence-electron chi connectivity index (χ1n) is 6.79. The van der Waals surface area contributed by atoms with Gasteiger partial charge in [0.05, 0.1) is 7.11 Å². The van der Waals surface area contributed by atoms with Crippen LogP contribution < -0.4 is 10.1 Å². The van der Waals surface area contributed by atoms with Gasteiger partial charge in [-0.2, -0.15) is 0 Å². The van der Waals surface area contributed by atoms with E-state index in [1.165, 1.54) is 19.1 Å². The van der Waals surface area contributed by atoms with Crippen LogP contribution in [0, 0.1) is 5.82 Å². The van der Waals surface area contributed by atoms with Crippen molar-refractivity contribution in [2.24, 2.45) is 0 Å². The van der Waals surface area contributed by atoms with Gasteiger partial charge < -0.3 is 10.1 Å². The summed E-state index contributed by atoms with van der Waals surface area (Å²) in [6, 6.07) is 13.2. The van der Waals surface area contributed by atoms with Gasteiger partial charge in [0.2, 0.25) is 5.91 Å². The molecule has 0 fully saturated rings. The van der Waals surface area contributed by atoms with Crippen molar-refractivity contribution in [1.29, 1.82) is 0 Å². The second-order valence-corrected chi connectivity index (χ2v) is 5.66. The lowest BCUT2D eigenvalue weighted by molar-refractivity contribution is -0.120. The Hall–Kier alpha value is -2.07. The van der Waals surface area contributed by atoms with E-state index < -0.39 is 5.00 Å². The van der Waals surface area contributed by atoms with Gasteiger partial charge in [0.25, 0.3) is 0 Å². The lowest BCUT2D eigenvalue weighted by Gasteiger charge is -2.29. The Kier molecular flexibility index (Phi) is 5.03. The minimum Gasteiger partial charge on any atom is -0.497 e. The van der Waals surface area contributed by atoms with E-state index in [9.17, 15) is 9.18 Å². The van der Waals surface area contributed by atoms with Crippen LogP contribution in [0.4, 0.5) is 4.39 Å². The summed E-state index contributed by atoms with van der Waals surface area (Å²) >= 11 is 6.66. The van der Waals surface area contributed by atoms with Crippen LogP contribution in [0.5, 0.6) is 5.75 Å². The molecular weight excluding hydrogens is 305 g/mol. The molecule has 1 atom stereocenters. The highest BCUT2D eigenvalue weighted by atomic mass is 35.5. The van der Waals surface area contributed by atoms with Crippen molar-refractivity contribution in [3.63, 3.8) is 0 Å². The van der Waals surface area contributed by atoms with Gasteiger partial charge in [0, 0.05) is 13.3 Å². The average Bonchev–Trinajstić information content (AvgIpc) is 2.49. The maximum Gasteiger partial charge on any atom is 0.218 e. The molecule has 1 unspecified atom stereocenters. The lowest BCUT2D eigenvalue weighted by Crippen LogP contribution is -2.42. The van der Waals surface area contributed by atoms with Crippen LogP contribution in [-0.4, -0.2) is 13.0 Å². The van der Waals surface area contributed by atoms with E-state index >= 15 is 0 Å². The highest BCUT2D eigenvalue weighted by Gasteiger charge is 2.31. The molecule has 2 rings (SSSR count). The van der Waals surface area contributed by atoms with E-state index in [0.717, 1.165) is 11.1 Å². The molecule has 0 saturated carbocycles. The molecule has 0 aliphatic heterocycles. The number of hydrogen-bond acceptors (Lipinski definition) is 2. The molecule has 0 bridgehead atoms. The second-order valence-electron chi connectivity index (χ2n) is 5.01. The molecule has 1 amide bonds. The molecule has 0 saturated heterocycles. The molecule has 116 valence electrons. The fourth-order valence-corrected chi connectivity index (χ4v) is 2.65. The summed E-state index contributed by atoms with van der Waals surface area (Å²) in [5.41, 5.74) is 1.55. The lowest BCUT2D eigenvalue weighted by atomic mass is 9.97. The average molecular weight is 322 g/mol. The van der Waals surface area contributed by atoms with Crippen LogP contribution >= 0.6 is 11.6 Å². The topological polar surface area (TPSA) is 38.3 Å². The number of methoxy groups -OCH3 is 1. The third-order valence-electron chi connectivity index (χ3n) is 3.28. The number of ether oxygens (including phenoxy) is 1. The number of benzene rings is 2. The number of halogens is 2. The van der Waals surface area contributed by atoms with Crippen LogP contribution in [-0.2, 0) is 16.2 Å². The number of carbonyl (C=O) groups excluding carboxylic acids is 1. The number of carbonyl (C=O) groups is 1. The highest BCUT2D eigenvalue weighted by molar-refractivity contribution is 6.24. The number of alkyl halides is 1. The van der Waals surface area contributed by atoms with Gasteiger partial charge in [-0.25, -0.2) is 4.39 Å². The van der Waals surface area contributed by atoms with Crippen molar-refractivity contribution >= 4 is 17.5 Å². The fourth-order valence-electron chi connectivity index (χ4n) is 2.24. The molecule has 0 aliphatic rings. The van der Waals surface area contributed by atoms with Crippen molar-refractivity contribution in [3.05, 3.63) is 65.5 Å². The molecule has 22 heavy (non-hydrogen) atoms. The van der Waals surface area contributed by atoms with Gasteiger partial charge >= 0.3 is 0 Å². The third kappa shape index (κ3) is 3.98. The Balaban J connectivity index is 2.33. The second kappa shape index (κ2) is 6.79. The Morgan fingerprint density at radius 3 is 2.27 bits per heavy atom. The fraction of sp³-hybridized carbons (Fsp3) is 0.235. The van der Waals surface area contributed by atoms with E-state index in [2.05, 4.69) is 5.32 Å². The predicted molar refractivity (Wildman–Crippen MR) is 84.4 cm³/mol. The van der Waals surface area contributed by atoms with Crippen molar-refractivity contribution in [2.75, 3.05) is 7.11 Å². The largest absolute Gasteiger partial charge is 0.497 e. The maximum absolute atomic E-state index is 13.0. The summed E-state index contributed by atoms with van der Waals surface area (Å²) in [5.74, 6) is 0.146. The Labute approximate surface area is 134 Å². The van der Waals surface area contributed by atoms with Crippen LogP contribution in [0.15, 0.2) is 48.5 Å². The van der Waals surface area contributed by atoms with E-state index in [1.54, 1.807) is 43.5 Å². The zero-order valence-corrected chi connectivity index (χ0v) is 13.2. The Bertz CT molecular complexity index is 643. The quantitative estimate of drug-likeness (QED) is 0.675. The highest BCUT2D eigenvalue weighted by Crippen LogP contribution is 2.31. The van der Waals surface area contributed by atoms with Gasteiger partial charge in [-0.1, -0.05) is 35.9 Å². The monoisotopic (exact) mass is 321 g/mol. The molecular formula is C17H17ClFNO2. The molecule has 0 heterocycles. The summed E-state index contributed by atoms with van der Waals surface area (Å²) in [6.07, 6.45) is 0.334. The minimum atomic E-state index is -1.10. The maximum atomic E-state index is 13.0. The zero-order valence-electron chi connectivity index (χ0n) is 12.4. The SMILES string of the molecule is COc1ccc(C(Cl)(Cc2ccc(F)cc2)NC(C)=O)cc1. The van der Waals surface area contributed by atoms with Crippen LogP contribution in [0.1, 0.15) is 18.1 Å². The molecule has 2 aromatic rings. The molecule has 1 N–H and O–H groups in total. The standard InChI is InChI=1S/C17H17ClFNO2/c1-12(21)20-17(18,11-13-3-7-15(19)8-4-13)14-5-9-16(22-2)10-6-14/h3-10H,11H2,1-2H3,(H,20,21). The van der Waals surface area contributed by atoms with Crippen LogP contribution in [0.25, 0.3) is 0 Å². The number of rotatable bonds is 5. The first-order valence-corrected chi connectivity index (χ1v) is 7.17. The molecule has 0 spiro atoms. The normalized spacial score (nSPS) is 13.3. The summed E-state index contributed by atoms with van der Waals surface area (Å²) in [5, 5.41) is 2.77. The van der Waals surface area contributed by atoms with E-state index in [1.807, 2.05) is 0 Å². The van der Waals surface area contributed by atoms with Crippen molar-refractivity contribution < 1.29 is 13.9 Å². The van der Waals surface area contributed by atoms with E-state index in [-0.39, 0.29) is 11.7 Å². The minimum absolute atomic E-state index is 0.243. The first-order chi connectivity index (χ1) is 10.4. The molecule has 2 aromatic carbocycles. The van der Waals surface area contributed by atoms with Gasteiger partial charge in [-0.05, 0) is 35.4 Å². The number of nitrogens with one attached hydrogen (secondary N) is 1. The van der Waals surface area contributed by atoms with E-state index in [0.29, 0.717) is 12.2 Å². The first kappa shape index (κ1) is 16.3. The van der Waals surface area contributed by atoms with Crippen molar-refractivity contribution in [3.8, 4) is 5.75 Å². The predicted octanol–water partition coefficient (Wildman–Crippen LogP) is 3.60. The van der Waals surface area contributed by atoms with Gasteiger partial charge in [-0.3, -0.25) is 4.79 Å². The summed E-state index contributed by atoms with van der Waals surface area (Å²) in [7, 11) is 1.58. The smallest absolute Gasteiger partial charge is 0.218 e. The molecule has 0 radical (unpaired) electrons. The third-order valence-corrected chi connectivity index (χ3v) is 3.73. The van der Waals surface area contributed by atoms with Gasteiger partial charge in [0.15, 0.2) is 0 Å². The number of hydrogen-bond donors (Lipinski definition) is 1. The van der Waals surface area contributed by atoms with E-state index in [4.69, 9.17) is 16.3 Å². The molecule has 0 aliphatic carbocycles. The Morgan fingerprint density at radius 2 is 1.77 bits per heavy atom.